The number of allylic oxidation sites excluding steroid dienone is 1. The van der Waals surface area contributed by atoms with Gasteiger partial charge in [-0.1, -0.05) is 25.0 Å². The summed E-state index contributed by atoms with van der Waals surface area (Å²) in [5, 5.41) is 0. The fraction of sp³-hybridized carbons (Fsp3) is 0.926. The molecule has 4 aliphatic carbocycles. The van der Waals surface area contributed by atoms with Crippen LogP contribution in [0.1, 0.15) is 78.6 Å². The highest BCUT2D eigenvalue weighted by atomic mass is 16.8. The Kier molecular flexibility index (Phi) is 5.18. The lowest BCUT2D eigenvalue weighted by Crippen LogP contribution is -2.65. The number of hydrogen-bond donors (Lipinski definition) is 0. The topological polar surface area (TPSA) is 46.2 Å². The van der Waals surface area contributed by atoms with Crippen LogP contribution in [-0.2, 0) is 23.7 Å². The van der Waals surface area contributed by atoms with E-state index in [4.69, 9.17) is 23.7 Å². The monoisotopic (exact) mass is 446 g/mol. The van der Waals surface area contributed by atoms with Gasteiger partial charge in [0.05, 0.1) is 26.4 Å². The SMILES string of the molecule is CCC1([C@@]2(OC)CCC3C4CC(C)=C5CC6(CCC5C4CC[C@@]32C)OCCO6)OCCO1. The van der Waals surface area contributed by atoms with Crippen molar-refractivity contribution in [1.82, 2.24) is 0 Å². The summed E-state index contributed by atoms with van der Waals surface area (Å²) in [7, 11) is 1.91. The summed E-state index contributed by atoms with van der Waals surface area (Å²) < 4.78 is 31.6. The third-order valence-electron chi connectivity index (χ3n) is 11.0. The summed E-state index contributed by atoms with van der Waals surface area (Å²) in [6.07, 6.45) is 10.1. The second kappa shape index (κ2) is 7.52. The van der Waals surface area contributed by atoms with E-state index < -0.39 is 5.79 Å². The first-order chi connectivity index (χ1) is 15.4. The Morgan fingerprint density at radius 2 is 1.62 bits per heavy atom. The first-order valence-corrected chi connectivity index (χ1v) is 13.2. The van der Waals surface area contributed by atoms with E-state index in [2.05, 4.69) is 20.8 Å². The molecule has 0 aromatic carbocycles. The van der Waals surface area contributed by atoms with E-state index in [-0.39, 0.29) is 16.8 Å². The van der Waals surface area contributed by atoms with Gasteiger partial charge in [-0.25, -0.2) is 0 Å². The maximum Gasteiger partial charge on any atom is 0.198 e. The normalized spacial score (nSPS) is 46.9. The van der Waals surface area contributed by atoms with E-state index in [1.165, 1.54) is 32.1 Å². The molecule has 5 heteroatoms. The predicted molar refractivity (Wildman–Crippen MR) is 121 cm³/mol. The number of rotatable bonds is 3. The van der Waals surface area contributed by atoms with E-state index in [9.17, 15) is 0 Å². The smallest absolute Gasteiger partial charge is 0.198 e. The molecule has 5 nitrogen and oxygen atoms in total. The Hall–Kier alpha value is -0.460. The number of ether oxygens (including phenoxy) is 5. The number of hydrogen-bond acceptors (Lipinski definition) is 5. The highest BCUT2D eigenvalue weighted by Crippen LogP contribution is 2.69. The molecule has 1 spiro atoms. The fourth-order valence-corrected chi connectivity index (χ4v) is 9.63. The molecule has 6 aliphatic rings. The van der Waals surface area contributed by atoms with Gasteiger partial charge in [-0.2, -0.15) is 0 Å². The van der Waals surface area contributed by atoms with E-state index in [0.717, 1.165) is 50.7 Å². The van der Waals surface area contributed by atoms with Gasteiger partial charge in [-0.3, -0.25) is 0 Å². The largest absolute Gasteiger partial charge is 0.372 e. The molecule has 32 heavy (non-hydrogen) atoms. The highest BCUT2D eigenvalue weighted by molar-refractivity contribution is 5.28. The molecule has 2 saturated heterocycles. The molecule has 2 heterocycles. The van der Waals surface area contributed by atoms with Crippen LogP contribution < -0.4 is 0 Å². The molecule has 6 atom stereocenters. The standard InChI is InChI=1S/C27H42O5/c1-5-27(31-14-15-32-27)26(28-4)11-8-23-21-16-18(2)22-17-25(29-12-13-30-25)10-7-20(22)19(21)6-9-24(23,26)3/h19-21,23H,5-17H2,1-4H3/t19?,20?,21?,23?,24-,26+/m0/s1. The van der Waals surface area contributed by atoms with Gasteiger partial charge in [-0.05, 0) is 69.1 Å². The summed E-state index contributed by atoms with van der Waals surface area (Å²) in [5.41, 5.74) is 3.04. The average Bonchev–Trinajstić information content (AvgIpc) is 3.53. The Labute approximate surface area is 193 Å². The number of fused-ring (bicyclic) bond motifs is 5. The van der Waals surface area contributed by atoms with Crippen LogP contribution >= 0.6 is 0 Å². The summed E-state index contributed by atoms with van der Waals surface area (Å²) >= 11 is 0. The van der Waals surface area contributed by atoms with Gasteiger partial charge in [0.2, 0.25) is 0 Å². The van der Waals surface area contributed by atoms with E-state index in [0.29, 0.717) is 25.0 Å². The molecule has 0 aromatic heterocycles. The van der Waals surface area contributed by atoms with Crippen LogP contribution in [0, 0.1) is 29.1 Å². The van der Waals surface area contributed by atoms with Crippen LogP contribution in [0.25, 0.3) is 0 Å². The lowest BCUT2D eigenvalue weighted by atomic mass is 9.49. The van der Waals surface area contributed by atoms with Crippen molar-refractivity contribution in [2.75, 3.05) is 33.5 Å². The quantitative estimate of drug-likeness (QED) is 0.556. The van der Waals surface area contributed by atoms with Gasteiger partial charge in [0.25, 0.3) is 0 Å². The van der Waals surface area contributed by atoms with Crippen molar-refractivity contribution in [1.29, 1.82) is 0 Å². The van der Waals surface area contributed by atoms with E-state index >= 15 is 0 Å². The van der Waals surface area contributed by atoms with Crippen molar-refractivity contribution >= 4 is 0 Å². The Morgan fingerprint density at radius 3 is 2.31 bits per heavy atom. The summed E-state index contributed by atoms with van der Waals surface area (Å²) in [5.74, 6) is 2.02. The molecule has 0 amide bonds. The third-order valence-corrected chi connectivity index (χ3v) is 11.0. The molecule has 6 rings (SSSR count). The minimum Gasteiger partial charge on any atom is -0.372 e. The van der Waals surface area contributed by atoms with E-state index in [1.807, 2.05) is 7.11 Å². The van der Waals surface area contributed by atoms with Crippen LogP contribution in [-0.4, -0.2) is 50.7 Å². The van der Waals surface area contributed by atoms with Crippen molar-refractivity contribution in [3.63, 3.8) is 0 Å². The van der Waals surface area contributed by atoms with Crippen LogP contribution in [0.3, 0.4) is 0 Å². The Morgan fingerprint density at radius 1 is 0.906 bits per heavy atom. The maximum absolute atomic E-state index is 6.53. The molecule has 3 saturated carbocycles. The van der Waals surface area contributed by atoms with Gasteiger partial charge in [-0.15, -0.1) is 0 Å². The molecule has 0 bridgehead atoms. The first kappa shape index (κ1) is 22.0. The maximum atomic E-state index is 6.53. The van der Waals surface area contributed by atoms with Crippen molar-refractivity contribution in [3.05, 3.63) is 11.1 Å². The predicted octanol–water partition coefficient (Wildman–Crippen LogP) is 5.23. The Balaban J connectivity index is 1.33. The van der Waals surface area contributed by atoms with Crippen molar-refractivity contribution in [3.8, 4) is 0 Å². The first-order valence-electron chi connectivity index (χ1n) is 13.2. The molecule has 5 fully saturated rings. The van der Waals surface area contributed by atoms with Crippen LogP contribution in [0.5, 0.6) is 0 Å². The molecular formula is C27H42O5. The highest BCUT2D eigenvalue weighted by Gasteiger charge is 2.72. The van der Waals surface area contributed by atoms with Gasteiger partial charge >= 0.3 is 0 Å². The van der Waals surface area contributed by atoms with Gasteiger partial charge < -0.3 is 23.7 Å². The number of methoxy groups -OCH3 is 1. The van der Waals surface area contributed by atoms with Crippen LogP contribution in [0.15, 0.2) is 11.1 Å². The minimum absolute atomic E-state index is 0.0919. The van der Waals surface area contributed by atoms with Crippen molar-refractivity contribution < 1.29 is 23.7 Å². The lowest BCUT2D eigenvalue weighted by molar-refractivity contribution is -0.317. The van der Waals surface area contributed by atoms with Crippen molar-refractivity contribution in [2.24, 2.45) is 29.1 Å². The fourth-order valence-electron chi connectivity index (χ4n) is 9.63. The third kappa shape index (κ3) is 2.69. The van der Waals surface area contributed by atoms with Crippen LogP contribution in [0.2, 0.25) is 0 Å². The van der Waals surface area contributed by atoms with Gasteiger partial charge in [0, 0.05) is 31.8 Å². The second-order valence-corrected chi connectivity index (χ2v) is 11.7. The summed E-state index contributed by atoms with van der Waals surface area (Å²) in [6, 6.07) is 0. The molecule has 2 aliphatic heterocycles. The summed E-state index contributed by atoms with van der Waals surface area (Å²) in [6.45, 7) is 10.00. The Bertz CT molecular complexity index is 779. The zero-order chi connectivity index (χ0) is 22.2. The zero-order valence-electron chi connectivity index (χ0n) is 20.5. The molecule has 0 N–H and O–H groups in total. The molecule has 0 aromatic rings. The molecular weight excluding hydrogens is 404 g/mol. The molecule has 0 radical (unpaired) electrons. The lowest BCUT2D eigenvalue weighted by Gasteiger charge is -2.60. The zero-order valence-corrected chi connectivity index (χ0v) is 20.5. The minimum atomic E-state index is -0.586. The molecule has 180 valence electrons. The van der Waals surface area contributed by atoms with E-state index in [1.54, 1.807) is 11.1 Å². The summed E-state index contributed by atoms with van der Waals surface area (Å²) in [4.78, 5) is 0. The van der Waals surface area contributed by atoms with Crippen LogP contribution in [0.4, 0.5) is 0 Å². The average molecular weight is 447 g/mol. The van der Waals surface area contributed by atoms with Gasteiger partial charge in [0.1, 0.15) is 5.60 Å². The second-order valence-electron chi connectivity index (χ2n) is 11.7. The molecule has 4 unspecified atom stereocenters. The van der Waals surface area contributed by atoms with Crippen molar-refractivity contribution in [2.45, 2.75) is 95.7 Å². The van der Waals surface area contributed by atoms with Gasteiger partial charge in [0.15, 0.2) is 11.6 Å².